The van der Waals surface area contributed by atoms with E-state index in [1.54, 1.807) is 11.3 Å². The van der Waals surface area contributed by atoms with Crippen molar-refractivity contribution in [2.75, 3.05) is 13.2 Å². The van der Waals surface area contributed by atoms with Gasteiger partial charge in [-0.1, -0.05) is 18.2 Å². The van der Waals surface area contributed by atoms with E-state index in [4.69, 9.17) is 0 Å². The van der Waals surface area contributed by atoms with Crippen molar-refractivity contribution in [1.29, 1.82) is 0 Å². The molecule has 0 bridgehead atoms. The summed E-state index contributed by atoms with van der Waals surface area (Å²) in [7, 11) is 0. The number of hydrogen-bond acceptors (Lipinski definition) is 3. The number of aliphatic hydroxyl groups is 1. The van der Waals surface area contributed by atoms with Crippen molar-refractivity contribution >= 4 is 21.4 Å². The van der Waals surface area contributed by atoms with Crippen LogP contribution in [0.2, 0.25) is 0 Å². The third-order valence-corrected chi connectivity index (χ3v) is 3.89. The molecule has 0 radical (unpaired) electrons. The number of halogens is 3. The van der Waals surface area contributed by atoms with Gasteiger partial charge in [-0.2, -0.15) is 13.2 Å². The van der Waals surface area contributed by atoms with Crippen LogP contribution in [0.15, 0.2) is 29.6 Å². The smallest absolute Gasteiger partial charge is 0.393 e. The highest BCUT2D eigenvalue weighted by atomic mass is 32.1. The Morgan fingerprint density at radius 2 is 2.00 bits per heavy atom. The maximum atomic E-state index is 11.9. The number of alkyl halides is 3. The second-order valence-corrected chi connectivity index (χ2v) is 5.48. The molecule has 0 aliphatic heterocycles. The minimum Gasteiger partial charge on any atom is -0.393 e. The zero-order valence-corrected chi connectivity index (χ0v) is 11.5. The monoisotopic (exact) mass is 304 g/mol. The standard InChI is InChI=1S/C14H15F3O2S/c15-14(16,17)9-19-6-5-11(18)7-10-8-20-13-4-2-1-3-12(10)13/h1-4,8,11,18H,5-7,9H2. The van der Waals surface area contributed by atoms with E-state index in [0.29, 0.717) is 6.42 Å². The molecule has 2 rings (SSSR count). The first-order valence-corrected chi connectivity index (χ1v) is 7.11. The normalized spacial score (nSPS) is 13.8. The van der Waals surface area contributed by atoms with Crippen LogP contribution in [0, 0.1) is 0 Å². The van der Waals surface area contributed by atoms with Crippen LogP contribution >= 0.6 is 11.3 Å². The van der Waals surface area contributed by atoms with Crippen LogP contribution in [0.3, 0.4) is 0 Å². The third kappa shape index (κ3) is 4.47. The van der Waals surface area contributed by atoms with E-state index in [0.717, 1.165) is 15.6 Å². The Labute approximate surface area is 118 Å². The molecule has 0 aliphatic rings. The third-order valence-electron chi connectivity index (χ3n) is 2.88. The molecular weight excluding hydrogens is 289 g/mol. The Kier molecular flexibility index (Phi) is 5.01. The fourth-order valence-corrected chi connectivity index (χ4v) is 2.93. The summed E-state index contributed by atoms with van der Waals surface area (Å²) in [6, 6.07) is 7.86. The average Bonchev–Trinajstić information content (AvgIpc) is 2.77. The Morgan fingerprint density at radius 1 is 1.25 bits per heavy atom. The highest BCUT2D eigenvalue weighted by Gasteiger charge is 2.27. The predicted octanol–water partition coefficient (Wildman–Crippen LogP) is 3.77. The molecule has 0 fully saturated rings. The highest BCUT2D eigenvalue weighted by Crippen LogP contribution is 2.26. The molecule has 1 heterocycles. The minimum atomic E-state index is -4.31. The first-order valence-electron chi connectivity index (χ1n) is 6.23. The van der Waals surface area contributed by atoms with Crippen LogP contribution in [0.4, 0.5) is 13.2 Å². The molecule has 20 heavy (non-hydrogen) atoms. The van der Waals surface area contributed by atoms with E-state index >= 15 is 0 Å². The van der Waals surface area contributed by atoms with Crippen LogP contribution in [0.25, 0.3) is 10.1 Å². The molecule has 0 saturated heterocycles. The SMILES string of the molecule is OC(CCOCC(F)(F)F)Cc1csc2ccccc12. The van der Waals surface area contributed by atoms with Gasteiger partial charge in [0, 0.05) is 11.3 Å². The number of thiophene rings is 1. The molecule has 0 aliphatic carbocycles. The molecule has 1 N–H and O–H groups in total. The Balaban J connectivity index is 1.81. The first-order chi connectivity index (χ1) is 9.46. The largest absolute Gasteiger partial charge is 0.411 e. The molecule has 110 valence electrons. The van der Waals surface area contributed by atoms with Crippen LogP contribution in [-0.2, 0) is 11.2 Å². The average molecular weight is 304 g/mol. The van der Waals surface area contributed by atoms with Gasteiger partial charge in [-0.3, -0.25) is 0 Å². The van der Waals surface area contributed by atoms with Gasteiger partial charge in [0.15, 0.2) is 0 Å². The van der Waals surface area contributed by atoms with Crippen molar-refractivity contribution in [3.63, 3.8) is 0 Å². The first kappa shape index (κ1) is 15.3. The lowest BCUT2D eigenvalue weighted by atomic mass is 10.1. The molecule has 1 atom stereocenters. The summed E-state index contributed by atoms with van der Waals surface area (Å²) in [5.41, 5.74) is 1.02. The number of rotatable bonds is 6. The fourth-order valence-electron chi connectivity index (χ4n) is 1.95. The van der Waals surface area contributed by atoms with Gasteiger partial charge < -0.3 is 9.84 Å². The highest BCUT2D eigenvalue weighted by molar-refractivity contribution is 7.17. The summed E-state index contributed by atoms with van der Waals surface area (Å²) in [6.07, 6.45) is -4.38. The summed E-state index contributed by atoms with van der Waals surface area (Å²) < 4.78 is 41.3. The predicted molar refractivity (Wildman–Crippen MR) is 73.0 cm³/mol. The van der Waals surface area contributed by atoms with Crippen molar-refractivity contribution in [2.45, 2.75) is 25.1 Å². The van der Waals surface area contributed by atoms with Gasteiger partial charge in [-0.05, 0) is 35.2 Å². The van der Waals surface area contributed by atoms with Crippen molar-refractivity contribution < 1.29 is 23.0 Å². The van der Waals surface area contributed by atoms with Gasteiger partial charge in [-0.15, -0.1) is 11.3 Å². The molecule has 1 unspecified atom stereocenters. The van der Waals surface area contributed by atoms with Crippen LogP contribution < -0.4 is 0 Å². The van der Waals surface area contributed by atoms with Crippen molar-refractivity contribution in [1.82, 2.24) is 0 Å². The second-order valence-electron chi connectivity index (χ2n) is 4.57. The summed E-state index contributed by atoms with van der Waals surface area (Å²) in [6.45, 7) is -1.36. The van der Waals surface area contributed by atoms with Crippen LogP contribution in [0.5, 0.6) is 0 Å². The molecule has 0 spiro atoms. The van der Waals surface area contributed by atoms with Gasteiger partial charge in [0.05, 0.1) is 6.10 Å². The van der Waals surface area contributed by atoms with E-state index in [1.807, 2.05) is 29.6 Å². The molecule has 6 heteroatoms. The summed E-state index contributed by atoms with van der Waals surface area (Å²) in [5.74, 6) is 0. The van der Waals surface area contributed by atoms with E-state index in [-0.39, 0.29) is 13.0 Å². The zero-order chi connectivity index (χ0) is 14.6. The topological polar surface area (TPSA) is 29.5 Å². The van der Waals surface area contributed by atoms with Crippen molar-refractivity contribution in [2.24, 2.45) is 0 Å². The number of hydrogen-bond donors (Lipinski definition) is 1. The molecule has 2 nitrogen and oxygen atoms in total. The maximum Gasteiger partial charge on any atom is 0.411 e. The van der Waals surface area contributed by atoms with E-state index < -0.39 is 18.9 Å². The zero-order valence-electron chi connectivity index (χ0n) is 10.7. The molecular formula is C14H15F3O2S. The Hall–Kier alpha value is -1.11. The van der Waals surface area contributed by atoms with E-state index in [2.05, 4.69) is 4.74 Å². The van der Waals surface area contributed by atoms with Crippen LogP contribution in [0.1, 0.15) is 12.0 Å². The lowest BCUT2D eigenvalue weighted by molar-refractivity contribution is -0.175. The second kappa shape index (κ2) is 6.56. The number of benzene rings is 1. The molecule has 2 aromatic rings. The molecule has 0 amide bonds. The molecule has 1 aromatic carbocycles. The lowest BCUT2D eigenvalue weighted by Crippen LogP contribution is -2.20. The molecule has 0 saturated carbocycles. The number of aliphatic hydroxyl groups excluding tert-OH is 1. The van der Waals surface area contributed by atoms with Gasteiger partial charge in [0.2, 0.25) is 0 Å². The lowest BCUT2D eigenvalue weighted by Gasteiger charge is -2.11. The quantitative estimate of drug-likeness (QED) is 0.823. The Bertz CT molecular complexity index is 551. The van der Waals surface area contributed by atoms with Gasteiger partial charge >= 0.3 is 6.18 Å². The number of fused-ring (bicyclic) bond motifs is 1. The van der Waals surface area contributed by atoms with Gasteiger partial charge in [0.1, 0.15) is 6.61 Å². The van der Waals surface area contributed by atoms with E-state index in [9.17, 15) is 18.3 Å². The Morgan fingerprint density at radius 3 is 2.75 bits per heavy atom. The summed E-state index contributed by atoms with van der Waals surface area (Å²) in [4.78, 5) is 0. The fraction of sp³-hybridized carbons (Fsp3) is 0.429. The summed E-state index contributed by atoms with van der Waals surface area (Å²) >= 11 is 1.60. The van der Waals surface area contributed by atoms with E-state index in [1.165, 1.54) is 0 Å². The van der Waals surface area contributed by atoms with Crippen LogP contribution in [-0.4, -0.2) is 30.6 Å². The molecule has 1 aromatic heterocycles. The van der Waals surface area contributed by atoms with Crippen molar-refractivity contribution in [3.8, 4) is 0 Å². The van der Waals surface area contributed by atoms with Gasteiger partial charge in [-0.25, -0.2) is 0 Å². The number of ether oxygens (including phenoxy) is 1. The maximum absolute atomic E-state index is 11.9. The summed E-state index contributed by atoms with van der Waals surface area (Å²) in [5, 5.41) is 12.9. The van der Waals surface area contributed by atoms with Gasteiger partial charge in [0.25, 0.3) is 0 Å². The minimum absolute atomic E-state index is 0.0945. The van der Waals surface area contributed by atoms with Crippen molar-refractivity contribution in [3.05, 3.63) is 35.2 Å².